The van der Waals surface area contributed by atoms with Gasteiger partial charge in [-0.1, -0.05) is 30.3 Å². The Morgan fingerprint density at radius 1 is 1.18 bits per heavy atom. The number of hydrogen-bond donors (Lipinski definition) is 0. The average Bonchev–Trinajstić information content (AvgIpc) is 3.36. The van der Waals surface area contributed by atoms with Gasteiger partial charge in [-0.3, -0.25) is 4.79 Å². The van der Waals surface area contributed by atoms with Crippen LogP contribution < -0.4 is 9.47 Å². The Bertz CT molecular complexity index is 647. The number of Topliss-reactive ketones (excluding diaryl/α,β-unsaturated/α-hetero) is 1. The maximum absolute atomic E-state index is 11.8. The maximum Gasteiger partial charge on any atom is 0.163 e. The molecule has 2 aromatic carbocycles. The van der Waals surface area contributed by atoms with E-state index in [9.17, 15) is 4.79 Å². The van der Waals surface area contributed by atoms with Gasteiger partial charge >= 0.3 is 0 Å². The van der Waals surface area contributed by atoms with Crippen molar-refractivity contribution in [1.29, 1.82) is 0 Å². The molecule has 22 heavy (non-hydrogen) atoms. The minimum absolute atomic E-state index is 0.0452. The van der Waals surface area contributed by atoms with E-state index in [1.165, 1.54) is 6.92 Å². The molecule has 0 spiro atoms. The molecule has 1 heterocycles. The predicted octanol–water partition coefficient (Wildman–Crippen LogP) is 3.25. The zero-order valence-corrected chi connectivity index (χ0v) is 12.5. The summed E-state index contributed by atoms with van der Waals surface area (Å²) < 4.78 is 16.5. The van der Waals surface area contributed by atoms with Crippen molar-refractivity contribution in [2.75, 3.05) is 13.2 Å². The van der Waals surface area contributed by atoms with E-state index in [0.29, 0.717) is 30.3 Å². The molecule has 0 aliphatic carbocycles. The Morgan fingerprint density at radius 3 is 2.64 bits per heavy atom. The molecule has 114 valence electrons. The SMILES string of the molecule is CC(=O)c1cc(OCC2CO2)ccc1OCc1ccccc1. The second kappa shape index (κ2) is 6.62. The molecule has 4 heteroatoms. The fraction of sp³-hybridized carbons (Fsp3) is 0.278. The lowest BCUT2D eigenvalue weighted by molar-refractivity contribution is 0.101. The van der Waals surface area contributed by atoms with Crippen molar-refractivity contribution in [2.45, 2.75) is 19.6 Å². The monoisotopic (exact) mass is 298 g/mol. The Labute approximate surface area is 129 Å². The van der Waals surface area contributed by atoms with E-state index in [1.807, 2.05) is 36.4 Å². The molecule has 1 saturated heterocycles. The van der Waals surface area contributed by atoms with Gasteiger partial charge in [-0.2, -0.15) is 0 Å². The topological polar surface area (TPSA) is 48.1 Å². The zero-order valence-electron chi connectivity index (χ0n) is 12.5. The predicted molar refractivity (Wildman–Crippen MR) is 82.5 cm³/mol. The van der Waals surface area contributed by atoms with Crippen LogP contribution in [0.15, 0.2) is 48.5 Å². The van der Waals surface area contributed by atoms with Crippen LogP contribution in [0.1, 0.15) is 22.8 Å². The van der Waals surface area contributed by atoms with Crippen LogP contribution in [0.2, 0.25) is 0 Å². The maximum atomic E-state index is 11.8. The van der Waals surface area contributed by atoms with Gasteiger partial charge in [0.05, 0.1) is 12.2 Å². The Kier molecular flexibility index (Phi) is 4.39. The molecule has 3 rings (SSSR count). The highest BCUT2D eigenvalue weighted by atomic mass is 16.6. The summed E-state index contributed by atoms with van der Waals surface area (Å²) in [6, 6.07) is 15.2. The number of ether oxygens (including phenoxy) is 3. The smallest absolute Gasteiger partial charge is 0.163 e. The van der Waals surface area contributed by atoms with Gasteiger partial charge < -0.3 is 14.2 Å². The second-order valence-corrected chi connectivity index (χ2v) is 5.25. The lowest BCUT2D eigenvalue weighted by Crippen LogP contribution is -2.06. The van der Waals surface area contributed by atoms with Crippen molar-refractivity contribution in [3.63, 3.8) is 0 Å². The summed E-state index contributed by atoms with van der Waals surface area (Å²) in [4.78, 5) is 11.8. The van der Waals surface area contributed by atoms with Crippen LogP contribution in [0, 0.1) is 0 Å². The molecule has 1 fully saturated rings. The van der Waals surface area contributed by atoms with E-state index in [4.69, 9.17) is 14.2 Å². The average molecular weight is 298 g/mol. The molecule has 2 aromatic rings. The Morgan fingerprint density at radius 2 is 1.95 bits per heavy atom. The summed E-state index contributed by atoms with van der Waals surface area (Å²) in [6.07, 6.45) is 0.190. The van der Waals surface area contributed by atoms with Crippen LogP contribution in [0.4, 0.5) is 0 Å². The molecule has 1 aliphatic heterocycles. The molecule has 0 bridgehead atoms. The van der Waals surface area contributed by atoms with Gasteiger partial charge in [0.2, 0.25) is 0 Å². The molecule has 1 atom stereocenters. The minimum atomic E-state index is -0.0452. The van der Waals surface area contributed by atoms with Crippen molar-refractivity contribution in [3.8, 4) is 11.5 Å². The highest BCUT2D eigenvalue weighted by Gasteiger charge is 2.23. The van der Waals surface area contributed by atoms with E-state index in [-0.39, 0.29) is 11.9 Å². The molecule has 1 unspecified atom stereocenters. The summed E-state index contributed by atoms with van der Waals surface area (Å²) in [6.45, 7) is 3.22. The number of hydrogen-bond acceptors (Lipinski definition) is 4. The van der Waals surface area contributed by atoms with E-state index in [1.54, 1.807) is 12.1 Å². The van der Waals surface area contributed by atoms with E-state index >= 15 is 0 Å². The molecular formula is C18H18O4. The highest BCUT2D eigenvalue weighted by Crippen LogP contribution is 2.26. The summed E-state index contributed by atoms with van der Waals surface area (Å²) in [7, 11) is 0. The number of ketones is 1. The van der Waals surface area contributed by atoms with E-state index in [2.05, 4.69) is 0 Å². The largest absolute Gasteiger partial charge is 0.491 e. The quantitative estimate of drug-likeness (QED) is 0.581. The van der Waals surface area contributed by atoms with E-state index < -0.39 is 0 Å². The summed E-state index contributed by atoms with van der Waals surface area (Å²) >= 11 is 0. The van der Waals surface area contributed by atoms with Gasteiger partial charge in [0, 0.05) is 0 Å². The Balaban J connectivity index is 1.70. The fourth-order valence-corrected chi connectivity index (χ4v) is 2.09. The van der Waals surface area contributed by atoms with Crippen LogP contribution in [-0.2, 0) is 11.3 Å². The van der Waals surface area contributed by atoms with Crippen molar-refractivity contribution in [3.05, 3.63) is 59.7 Å². The van der Waals surface area contributed by atoms with Crippen LogP contribution in [-0.4, -0.2) is 25.1 Å². The third-order valence-corrected chi connectivity index (χ3v) is 3.41. The van der Waals surface area contributed by atoms with Crippen molar-refractivity contribution in [2.24, 2.45) is 0 Å². The fourth-order valence-electron chi connectivity index (χ4n) is 2.09. The minimum Gasteiger partial charge on any atom is -0.491 e. The number of benzene rings is 2. The number of rotatable bonds is 7. The van der Waals surface area contributed by atoms with Gasteiger partial charge in [0.15, 0.2) is 5.78 Å². The first-order valence-corrected chi connectivity index (χ1v) is 7.28. The van der Waals surface area contributed by atoms with Gasteiger partial charge in [-0.05, 0) is 30.7 Å². The first-order chi connectivity index (χ1) is 10.7. The summed E-state index contributed by atoms with van der Waals surface area (Å²) in [5.41, 5.74) is 1.59. The van der Waals surface area contributed by atoms with Crippen LogP contribution >= 0.6 is 0 Å². The number of carbonyl (C=O) groups excluding carboxylic acids is 1. The third-order valence-electron chi connectivity index (χ3n) is 3.41. The second-order valence-electron chi connectivity index (χ2n) is 5.25. The van der Waals surface area contributed by atoms with Gasteiger partial charge in [0.25, 0.3) is 0 Å². The van der Waals surface area contributed by atoms with Crippen molar-refractivity contribution >= 4 is 5.78 Å². The van der Waals surface area contributed by atoms with Gasteiger partial charge in [0.1, 0.15) is 30.8 Å². The molecule has 0 radical (unpaired) electrons. The molecule has 0 saturated carbocycles. The van der Waals surface area contributed by atoms with Gasteiger partial charge in [-0.15, -0.1) is 0 Å². The van der Waals surface area contributed by atoms with E-state index in [0.717, 1.165) is 12.2 Å². The normalized spacial score (nSPS) is 16.1. The standard InChI is InChI=1S/C18H18O4/c1-13(19)17-9-15(20-11-16-12-21-16)7-8-18(17)22-10-14-5-3-2-4-6-14/h2-9,16H,10-12H2,1H3. The van der Waals surface area contributed by atoms with Crippen LogP contribution in [0.25, 0.3) is 0 Å². The van der Waals surface area contributed by atoms with Crippen molar-refractivity contribution in [1.82, 2.24) is 0 Å². The molecule has 0 N–H and O–H groups in total. The number of carbonyl (C=O) groups is 1. The number of epoxide rings is 1. The van der Waals surface area contributed by atoms with Crippen LogP contribution in [0.5, 0.6) is 11.5 Å². The summed E-state index contributed by atoms with van der Waals surface area (Å²) in [5.74, 6) is 1.19. The molecular weight excluding hydrogens is 280 g/mol. The lowest BCUT2D eigenvalue weighted by Gasteiger charge is -2.12. The molecule has 1 aliphatic rings. The molecule has 0 aromatic heterocycles. The summed E-state index contributed by atoms with van der Waals surface area (Å²) in [5, 5.41) is 0. The first-order valence-electron chi connectivity index (χ1n) is 7.28. The lowest BCUT2D eigenvalue weighted by atomic mass is 10.1. The first kappa shape index (κ1) is 14.6. The molecule has 0 amide bonds. The van der Waals surface area contributed by atoms with Gasteiger partial charge in [-0.25, -0.2) is 0 Å². The molecule has 4 nitrogen and oxygen atoms in total. The third kappa shape index (κ3) is 3.86. The van der Waals surface area contributed by atoms with Crippen molar-refractivity contribution < 1.29 is 19.0 Å². The zero-order chi connectivity index (χ0) is 15.4. The highest BCUT2D eigenvalue weighted by molar-refractivity contribution is 5.97. The Hall–Kier alpha value is -2.33. The van der Waals surface area contributed by atoms with Crippen LogP contribution in [0.3, 0.4) is 0 Å².